The second-order valence-corrected chi connectivity index (χ2v) is 7.78. The molecule has 1 amide bonds. The van der Waals surface area contributed by atoms with Crippen LogP contribution in [0.2, 0.25) is 0 Å². The highest BCUT2D eigenvalue weighted by molar-refractivity contribution is 6.11. The number of likely N-dealkylation sites (tertiary alicyclic amines) is 1. The van der Waals surface area contributed by atoms with Gasteiger partial charge in [-0.1, -0.05) is 13.8 Å². The number of anilines is 1. The van der Waals surface area contributed by atoms with E-state index in [4.69, 9.17) is 9.47 Å². The Hall–Kier alpha value is -2.54. The molecule has 1 aromatic carbocycles. The minimum Gasteiger partial charge on any atom is -0.497 e. The Morgan fingerprint density at radius 3 is 2.57 bits per heavy atom. The van der Waals surface area contributed by atoms with Crippen LogP contribution in [-0.2, 0) is 9.53 Å². The molecule has 28 heavy (non-hydrogen) atoms. The minimum atomic E-state index is -0.524. The number of methoxy groups -OCH3 is 2. The molecule has 0 saturated carbocycles. The van der Waals surface area contributed by atoms with Gasteiger partial charge in [-0.15, -0.1) is 0 Å². The smallest absolute Gasteiger partial charge is 0.356 e. The van der Waals surface area contributed by atoms with Crippen molar-refractivity contribution >= 4 is 28.5 Å². The molecule has 0 spiro atoms. The number of fused-ring (bicyclic) bond motifs is 1. The number of nitrogens with zero attached hydrogens (tertiary/aromatic N) is 1. The largest absolute Gasteiger partial charge is 0.497 e. The monoisotopic (exact) mass is 387 g/mol. The molecule has 0 aliphatic carbocycles. The number of carbonyl (C=O) groups excluding carboxylic acids is 2. The average molecular weight is 387 g/mol. The molecule has 2 heterocycles. The first-order valence-corrected chi connectivity index (χ1v) is 9.71. The summed E-state index contributed by atoms with van der Waals surface area (Å²) >= 11 is 0. The summed E-state index contributed by atoms with van der Waals surface area (Å²) in [5.41, 5.74) is 1.39. The maximum absolute atomic E-state index is 12.6. The first-order valence-electron chi connectivity index (χ1n) is 9.71. The fourth-order valence-electron chi connectivity index (χ4n) is 4.12. The number of hydrogen-bond acceptors (Lipinski definition) is 5. The van der Waals surface area contributed by atoms with Crippen molar-refractivity contribution in [1.29, 1.82) is 0 Å². The summed E-state index contributed by atoms with van der Waals surface area (Å²) in [5.74, 6) is 1.33. The molecule has 1 aliphatic heterocycles. The SMILES string of the molecule is COC(=O)c1[nH]c2cc(OC)ccc2c1NC(=O)CCN1C[C@H](C)C[C@@H](C)C1. The number of carbonyl (C=O) groups is 2. The summed E-state index contributed by atoms with van der Waals surface area (Å²) in [5, 5.41) is 3.65. The van der Waals surface area contributed by atoms with Gasteiger partial charge < -0.3 is 24.7 Å². The van der Waals surface area contributed by atoms with Crippen molar-refractivity contribution in [2.24, 2.45) is 11.8 Å². The van der Waals surface area contributed by atoms with Crippen LogP contribution in [0.3, 0.4) is 0 Å². The summed E-state index contributed by atoms with van der Waals surface area (Å²) in [6, 6.07) is 5.40. The zero-order valence-corrected chi connectivity index (χ0v) is 17.0. The fourth-order valence-corrected chi connectivity index (χ4v) is 4.12. The van der Waals surface area contributed by atoms with Gasteiger partial charge in [-0.3, -0.25) is 4.79 Å². The van der Waals surface area contributed by atoms with Crippen LogP contribution in [0, 0.1) is 11.8 Å². The Labute approximate surface area is 165 Å². The van der Waals surface area contributed by atoms with Crippen molar-refractivity contribution in [2.45, 2.75) is 26.7 Å². The van der Waals surface area contributed by atoms with Gasteiger partial charge in [0.25, 0.3) is 0 Å². The number of H-pyrrole nitrogens is 1. The molecule has 7 heteroatoms. The Bertz CT molecular complexity index is 851. The number of hydrogen-bond donors (Lipinski definition) is 2. The summed E-state index contributed by atoms with van der Waals surface area (Å²) in [6.45, 7) is 7.28. The highest BCUT2D eigenvalue weighted by Gasteiger charge is 2.23. The number of aromatic amines is 1. The van der Waals surface area contributed by atoms with E-state index < -0.39 is 5.97 Å². The van der Waals surface area contributed by atoms with Gasteiger partial charge in [-0.2, -0.15) is 0 Å². The number of amides is 1. The molecule has 0 unspecified atom stereocenters. The van der Waals surface area contributed by atoms with Crippen molar-refractivity contribution in [3.8, 4) is 5.75 Å². The molecule has 1 aliphatic rings. The van der Waals surface area contributed by atoms with Gasteiger partial charge in [0.1, 0.15) is 11.4 Å². The van der Waals surface area contributed by atoms with Gasteiger partial charge >= 0.3 is 5.97 Å². The first-order chi connectivity index (χ1) is 13.4. The van der Waals surface area contributed by atoms with Crippen LogP contribution in [0.1, 0.15) is 37.2 Å². The Kier molecular flexibility index (Phi) is 6.24. The maximum Gasteiger partial charge on any atom is 0.356 e. The first kappa shape index (κ1) is 20.2. The lowest BCUT2D eigenvalue weighted by Crippen LogP contribution is -2.40. The predicted octanol–water partition coefficient (Wildman–Crippen LogP) is 3.27. The molecule has 1 saturated heterocycles. The number of nitrogens with one attached hydrogen (secondary N) is 2. The third-order valence-corrected chi connectivity index (χ3v) is 5.26. The zero-order chi connectivity index (χ0) is 20.3. The second-order valence-electron chi connectivity index (χ2n) is 7.78. The van der Waals surface area contributed by atoms with Crippen LogP contribution >= 0.6 is 0 Å². The van der Waals surface area contributed by atoms with Crippen LogP contribution in [0.4, 0.5) is 5.69 Å². The summed E-state index contributed by atoms with van der Waals surface area (Å²) < 4.78 is 10.1. The standard InChI is InChI=1S/C21H29N3O4/c1-13-9-14(2)12-24(11-13)8-7-18(25)23-19-16-6-5-15(27-3)10-17(16)22-20(19)21(26)28-4/h5-6,10,13-14,22H,7-9,11-12H2,1-4H3,(H,23,25)/t13-,14-/m1/s1. The third-order valence-electron chi connectivity index (χ3n) is 5.26. The van der Waals surface area contributed by atoms with E-state index in [0.29, 0.717) is 41.8 Å². The van der Waals surface area contributed by atoms with E-state index in [2.05, 4.69) is 29.0 Å². The lowest BCUT2D eigenvalue weighted by atomic mass is 9.92. The third kappa shape index (κ3) is 4.47. The van der Waals surface area contributed by atoms with Crippen LogP contribution < -0.4 is 10.1 Å². The minimum absolute atomic E-state index is 0.118. The van der Waals surface area contributed by atoms with E-state index in [1.165, 1.54) is 13.5 Å². The number of ether oxygens (including phenoxy) is 2. The average Bonchev–Trinajstić information content (AvgIpc) is 3.02. The number of benzene rings is 1. The highest BCUT2D eigenvalue weighted by Crippen LogP contribution is 2.31. The molecule has 152 valence electrons. The number of esters is 1. The summed E-state index contributed by atoms with van der Waals surface area (Å²) in [4.78, 5) is 30.2. The molecule has 3 rings (SSSR count). The van der Waals surface area contributed by atoms with Crippen molar-refractivity contribution in [3.05, 3.63) is 23.9 Å². The normalized spacial score (nSPS) is 20.1. The summed E-state index contributed by atoms with van der Waals surface area (Å²) in [7, 11) is 2.90. The lowest BCUT2D eigenvalue weighted by molar-refractivity contribution is -0.116. The second kappa shape index (κ2) is 8.65. The molecule has 1 fully saturated rings. The summed E-state index contributed by atoms with van der Waals surface area (Å²) in [6.07, 6.45) is 1.62. The number of aromatic nitrogens is 1. The molecular weight excluding hydrogens is 358 g/mol. The van der Waals surface area contributed by atoms with Crippen molar-refractivity contribution in [3.63, 3.8) is 0 Å². The van der Waals surface area contributed by atoms with E-state index in [9.17, 15) is 9.59 Å². The molecule has 7 nitrogen and oxygen atoms in total. The van der Waals surface area contributed by atoms with Crippen LogP contribution in [0.5, 0.6) is 5.75 Å². The fraction of sp³-hybridized carbons (Fsp3) is 0.524. The van der Waals surface area contributed by atoms with Crippen molar-refractivity contribution in [2.75, 3.05) is 39.2 Å². The molecule has 2 aromatic rings. The van der Waals surface area contributed by atoms with Gasteiger partial charge in [0.15, 0.2) is 0 Å². The van der Waals surface area contributed by atoms with Crippen molar-refractivity contribution in [1.82, 2.24) is 9.88 Å². The Morgan fingerprint density at radius 2 is 1.93 bits per heavy atom. The van der Waals surface area contributed by atoms with Crippen LogP contribution in [-0.4, -0.2) is 55.6 Å². The molecule has 2 atom stereocenters. The van der Waals surface area contributed by atoms with E-state index in [-0.39, 0.29) is 11.6 Å². The van der Waals surface area contributed by atoms with Gasteiger partial charge in [0.05, 0.1) is 25.4 Å². The highest BCUT2D eigenvalue weighted by atomic mass is 16.5. The number of piperidine rings is 1. The number of rotatable bonds is 6. The van der Waals surface area contributed by atoms with Crippen LogP contribution in [0.15, 0.2) is 18.2 Å². The van der Waals surface area contributed by atoms with Crippen molar-refractivity contribution < 1.29 is 19.1 Å². The quantitative estimate of drug-likeness (QED) is 0.743. The molecule has 0 bridgehead atoms. The zero-order valence-electron chi connectivity index (χ0n) is 17.0. The maximum atomic E-state index is 12.6. The lowest BCUT2D eigenvalue weighted by Gasteiger charge is -2.34. The van der Waals surface area contributed by atoms with Gasteiger partial charge in [-0.05, 0) is 30.4 Å². The van der Waals surface area contributed by atoms with Gasteiger partial charge in [0, 0.05) is 37.5 Å². The van der Waals surface area contributed by atoms with Crippen LogP contribution in [0.25, 0.3) is 10.9 Å². The van der Waals surface area contributed by atoms with Gasteiger partial charge in [-0.25, -0.2) is 4.79 Å². The molecule has 0 radical (unpaired) electrons. The molecule has 1 aromatic heterocycles. The Morgan fingerprint density at radius 1 is 1.21 bits per heavy atom. The van der Waals surface area contributed by atoms with E-state index >= 15 is 0 Å². The van der Waals surface area contributed by atoms with E-state index in [1.807, 2.05) is 6.07 Å². The predicted molar refractivity (Wildman–Crippen MR) is 109 cm³/mol. The molecular formula is C21H29N3O4. The van der Waals surface area contributed by atoms with Gasteiger partial charge in [0.2, 0.25) is 5.91 Å². The topological polar surface area (TPSA) is 83.7 Å². The Balaban J connectivity index is 1.74. The van der Waals surface area contributed by atoms with E-state index in [1.54, 1.807) is 19.2 Å². The van der Waals surface area contributed by atoms with E-state index in [0.717, 1.165) is 18.5 Å². The molecule has 2 N–H and O–H groups in total.